The molecule has 1 aliphatic heterocycles. The average molecular weight is 382 g/mol. The van der Waals surface area contributed by atoms with E-state index in [1.165, 1.54) is 48.6 Å². The predicted octanol–water partition coefficient (Wildman–Crippen LogP) is 2.54. The van der Waals surface area contributed by atoms with Crippen LogP contribution in [0, 0.1) is 10.1 Å². The van der Waals surface area contributed by atoms with E-state index in [0.29, 0.717) is 17.0 Å². The van der Waals surface area contributed by atoms with E-state index in [4.69, 9.17) is 4.74 Å². The van der Waals surface area contributed by atoms with Crippen LogP contribution < -0.4 is 5.32 Å². The molecule has 1 aromatic heterocycles. The molecule has 1 aromatic carbocycles. The molecule has 0 spiro atoms. The van der Waals surface area contributed by atoms with Gasteiger partial charge in [0.2, 0.25) is 0 Å². The number of imidazole rings is 1. The Morgan fingerprint density at radius 1 is 1.25 bits per heavy atom. The number of carbonyl (C=O) groups is 2. The number of dihydropyridines is 1. The molecule has 0 radical (unpaired) electrons. The molecule has 28 heavy (non-hydrogen) atoms. The van der Waals surface area contributed by atoms with Crippen LogP contribution in [0.2, 0.25) is 0 Å². The van der Waals surface area contributed by atoms with E-state index in [1.54, 1.807) is 19.9 Å². The second-order valence-electron chi connectivity index (χ2n) is 6.25. The molecule has 0 fully saturated rings. The number of nitro groups is 1. The summed E-state index contributed by atoms with van der Waals surface area (Å²) in [4.78, 5) is 40.3. The number of non-ortho nitro benzene ring substituents is 1. The van der Waals surface area contributed by atoms with E-state index in [2.05, 4.69) is 10.3 Å². The van der Waals surface area contributed by atoms with Gasteiger partial charge in [-0.25, -0.2) is 9.78 Å². The zero-order valence-electron chi connectivity index (χ0n) is 15.5. The van der Waals surface area contributed by atoms with Crippen LogP contribution in [0.25, 0.3) is 0 Å². The van der Waals surface area contributed by atoms with Gasteiger partial charge >= 0.3 is 5.97 Å². The molecule has 1 N–H and O–H groups in total. The number of benzene rings is 1. The first-order valence-corrected chi connectivity index (χ1v) is 8.39. The van der Waals surface area contributed by atoms with Gasteiger partial charge < -0.3 is 10.1 Å². The summed E-state index contributed by atoms with van der Waals surface area (Å²) < 4.78 is 6.21. The minimum atomic E-state index is -0.830. The van der Waals surface area contributed by atoms with Crippen LogP contribution in [-0.4, -0.2) is 33.5 Å². The monoisotopic (exact) mass is 382 g/mol. The Hall–Kier alpha value is -3.75. The maximum Gasteiger partial charge on any atom is 0.336 e. The first-order chi connectivity index (χ1) is 13.3. The van der Waals surface area contributed by atoms with Crippen molar-refractivity contribution in [2.75, 3.05) is 7.11 Å². The molecule has 9 heteroatoms. The molecular formula is C19H18N4O5. The van der Waals surface area contributed by atoms with Gasteiger partial charge in [0.05, 0.1) is 23.5 Å². The highest BCUT2D eigenvalue weighted by molar-refractivity contribution is 6.03. The number of methoxy groups -OCH3 is 1. The Kier molecular flexibility index (Phi) is 5.08. The fourth-order valence-corrected chi connectivity index (χ4v) is 3.33. The van der Waals surface area contributed by atoms with Crippen LogP contribution in [0.4, 0.5) is 5.69 Å². The van der Waals surface area contributed by atoms with Gasteiger partial charge in [0, 0.05) is 41.5 Å². The number of nitrogens with one attached hydrogen (secondary N) is 1. The van der Waals surface area contributed by atoms with Crippen molar-refractivity contribution in [3.63, 3.8) is 0 Å². The second kappa shape index (κ2) is 7.47. The van der Waals surface area contributed by atoms with Crippen molar-refractivity contribution in [2.45, 2.75) is 19.8 Å². The van der Waals surface area contributed by atoms with Gasteiger partial charge in [-0.2, -0.15) is 0 Å². The summed E-state index contributed by atoms with van der Waals surface area (Å²) in [5.41, 5.74) is 1.87. The number of esters is 1. The van der Waals surface area contributed by atoms with E-state index in [1.807, 2.05) is 0 Å². The number of allylic oxidation sites excluding steroid dienone is 3. The summed E-state index contributed by atoms with van der Waals surface area (Å²) in [6.07, 6.45) is 4.32. The molecule has 0 aliphatic carbocycles. The van der Waals surface area contributed by atoms with Crippen molar-refractivity contribution < 1.29 is 19.2 Å². The smallest absolute Gasteiger partial charge is 0.336 e. The molecule has 0 saturated heterocycles. The summed E-state index contributed by atoms with van der Waals surface area (Å²) in [5.74, 6) is -1.85. The van der Waals surface area contributed by atoms with Crippen LogP contribution in [-0.2, 0) is 9.53 Å². The Morgan fingerprint density at radius 3 is 2.57 bits per heavy atom. The molecule has 3 rings (SSSR count). The predicted molar refractivity (Wildman–Crippen MR) is 99.2 cm³/mol. The highest BCUT2D eigenvalue weighted by atomic mass is 16.6. The van der Waals surface area contributed by atoms with Crippen LogP contribution >= 0.6 is 0 Å². The number of ether oxygens (including phenoxy) is 1. The van der Waals surface area contributed by atoms with Gasteiger partial charge in [-0.15, -0.1) is 0 Å². The molecular weight excluding hydrogens is 364 g/mol. The van der Waals surface area contributed by atoms with Crippen LogP contribution in [0.15, 0.2) is 65.5 Å². The minimum absolute atomic E-state index is 0.134. The molecule has 1 atom stereocenters. The van der Waals surface area contributed by atoms with Crippen LogP contribution in [0.1, 0.15) is 30.1 Å². The molecule has 144 valence electrons. The summed E-state index contributed by atoms with van der Waals surface area (Å²) in [6, 6.07) is 5.88. The van der Waals surface area contributed by atoms with E-state index in [9.17, 15) is 19.7 Å². The topological polar surface area (TPSA) is 116 Å². The summed E-state index contributed by atoms with van der Waals surface area (Å²) >= 11 is 0. The maximum atomic E-state index is 13.2. The first-order valence-electron chi connectivity index (χ1n) is 8.39. The second-order valence-corrected chi connectivity index (χ2v) is 6.25. The van der Waals surface area contributed by atoms with Crippen LogP contribution in [0.5, 0.6) is 0 Å². The Balaban J connectivity index is 2.23. The third-order valence-corrected chi connectivity index (χ3v) is 4.55. The fourth-order valence-electron chi connectivity index (χ4n) is 3.33. The lowest BCUT2D eigenvalue weighted by molar-refractivity contribution is -0.384. The van der Waals surface area contributed by atoms with E-state index in [-0.39, 0.29) is 16.8 Å². The molecule has 9 nitrogen and oxygen atoms in total. The highest BCUT2D eigenvalue weighted by Crippen LogP contribution is 2.40. The highest BCUT2D eigenvalue weighted by Gasteiger charge is 2.37. The number of hydrogen-bond donors (Lipinski definition) is 1. The molecule has 2 heterocycles. The third kappa shape index (κ3) is 3.29. The summed E-state index contributed by atoms with van der Waals surface area (Å²) in [6.45, 7) is 3.41. The van der Waals surface area contributed by atoms with Gasteiger partial charge in [0.15, 0.2) is 0 Å². The quantitative estimate of drug-likeness (QED) is 0.491. The van der Waals surface area contributed by atoms with E-state index >= 15 is 0 Å². The number of hydrogen-bond acceptors (Lipinski definition) is 7. The van der Waals surface area contributed by atoms with Crippen LogP contribution in [0.3, 0.4) is 0 Å². The lowest BCUT2D eigenvalue weighted by atomic mass is 9.80. The molecule has 2 aromatic rings. The van der Waals surface area contributed by atoms with Gasteiger partial charge in [-0.05, 0) is 19.4 Å². The van der Waals surface area contributed by atoms with E-state index in [0.717, 1.165) is 0 Å². The Morgan fingerprint density at radius 2 is 1.96 bits per heavy atom. The molecule has 0 amide bonds. The molecule has 1 aliphatic rings. The summed E-state index contributed by atoms with van der Waals surface area (Å²) in [5, 5.41) is 14.3. The van der Waals surface area contributed by atoms with Gasteiger partial charge in [0.25, 0.3) is 11.6 Å². The summed E-state index contributed by atoms with van der Waals surface area (Å²) in [7, 11) is 1.25. The van der Waals surface area contributed by atoms with Gasteiger partial charge in [-0.1, -0.05) is 12.1 Å². The Bertz CT molecular complexity index is 1020. The van der Waals surface area contributed by atoms with Crippen molar-refractivity contribution in [1.29, 1.82) is 0 Å². The van der Waals surface area contributed by atoms with E-state index < -0.39 is 22.7 Å². The van der Waals surface area contributed by atoms with Crippen molar-refractivity contribution >= 4 is 17.6 Å². The maximum absolute atomic E-state index is 13.2. The number of nitrogens with zero attached hydrogens (tertiary/aromatic N) is 3. The van der Waals surface area contributed by atoms with Crippen molar-refractivity contribution in [3.05, 3.63) is 81.2 Å². The SMILES string of the molecule is COC(=O)C1=C(C)NC(C)=C(C(=O)n2ccnc2)[C@H]1c1cccc([N+](=O)[O-])c1. The lowest BCUT2D eigenvalue weighted by Crippen LogP contribution is -2.33. The molecule has 0 unspecified atom stereocenters. The largest absolute Gasteiger partial charge is 0.466 e. The number of rotatable bonds is 4. The molecule has 0 bridgehead atoms. The van der Waals surface area contributed by atoms with Gasteiger partial charge in [0.1, 0.15) is 6.33 Å². The van der Waals surface area contributed by atoms with Crippen molar-refractivity contribution in [1.82, 2.24) is 14.9 Å². The number of aromatic nitrogens is 2. The zero-order valence-corrected chi connectivity index (χ0v) is 15.5. The first kappa shape index (κ1) is 19.0. The zero-order chi connectivity index (χ0) is 20.4. The van der Waals surface area contributed by atoms with Crippen molar-refractivity contribution in [3.8, 4) is 0 Å². The normalized spacial score (nSPS) is 16.6. The third-order valence-electron chi connectivity index (χ3n) is 4.55. The Labute approximate surface area is 160 Å². The van der Waals surface area contributed by atoms with Crippen molar-refractivity contribution in [2.24, 2.45) is 0 Å². The molecule has 0 saturated carbocycles. The average Bonchev–Trinajstić information content (AvgIpc) is 3.21. The number of carbonyl (C=O) groups excluding carboxylic acids is 2. The lowest BCUT2D eigenvalue weighted by Gasteiger charge is -2.30. The standard InChI is InChI=1S/C19H18N4O5/c1-11-15(18(24)22-8-7-20-10-22)17(16(12(2)21-11)19(25)28-3)13-5-4-6-14(9-13)23(26)27/h4-10,17,21H,1-3H3/t17-/m1/s1. The van der Waals surface area contributed by atoms with Gasteiger partial charge in [-0.3, -0.25) is 19.5 Å². The number of nitro benzene ring substituents is 1. The fraction of sp³-hybridized carbons (Fsp3) is 0.211. The minimum Gasteiger partial charge on any atom is -0.466 e.